The van der Waals surface area contributed by atoms with Gasteiger partial charge in [0.1, 0.15) is 11.6 Å². The number of thioether (sulfide) groups is 1. The van der Waals surface area contributed by atoms with Crippen molar-refractivity contribution in [2.24, 2.45) is 0 Å². The minimum atomic E-state index is -0.414. The highest BCUT2D eigenvalue weighted by Crippen LogP contribution is 2.25. The van der Waals surface area contributed by atoms with Crippen LogP contribution in [0.2, 0.25) is 0 Å². The lowest BCUT2D eigenvalue weighted by atomic mass is 10.2. The SMILES string of the molecule is Nn1c(SCc2cccc(F)c2)nnc1-c1ccccc1F. The second-order valence-electron chi connectivity index (χ2n) is 4.57. The summed E-state index contributed by atoms with van der Waals surface area (Å²) in [7, 11) is 0. The smallest absolute Gasteiger partial charge is 0.210 e. The summed E-state index contributed by atoms with van der Waals surface area (Å²) in [5.41, 5.74) is 1.09. The monoisotopic (exact) mass is 318 g/mol. The topological polar surface area (TPSA) is 56.7 Å². The number of benzene rings is 2. The molecule has 0 aliphatic carbocycles. The highest BCUT2D eigenvalue weighted by atomic mass is 32.2. The molecule has 3 aromatic rings. The molecule has 2 N–H and O–H groups in total. The van der Waals surface area contributed by atoms with E-state index in [9.17, 15) is 8.78 Å². The fraction of sp³-hybridized carbons (Fsp3) is 0.0667. The molecule has 3 rings (SSSR count). The van der Waals surface area contributed by atoms with Crippen molar-refractivity contribution in [2.75, 3.05) is 5.84 Å². The van der Waals surface area contributed by atoms with Crippen LogP contribution < -0.4 is 5.84 Å². The predicted molar refractivity (Wildman–Crippen MR) is 81.5 cm³/mol. The van der Waals surface area contributed by atoms with Crippen molar-refractivity contribution >= 4 is 11.8 Å². The summed E-state index contributed by atoms with van der Waals surface area (Å²) in [6.07, 6.45) is 0. The first-order valence-corrected chi connectivity index (χ1v) is 7.46. The molecule has 0 bridgehead atoms. The first-order chi connectivity index (χ1) is 10.6. The van der Waals surface area contributed by atoms with E-state index in [1.807, 2.05) is 6.07 Å². The van der Waals surface area contributed by atoms with Gasteiger partial charge in [0.15, 0.2) is 5.82 Å². The van der Waals surface area contributed by atoms with Crippen molar-refractivity contribution in [3.8, 4) is 11.4 Å². The van der Waals surface area contributed by atoms with Crippen LogP contribution in [-0.4, -0.2) is 14.9 Å². The predicted octanol–water partition coefficient (Wildman–Crippen LogP) is 3.23. The van der Waals surface area contributed by atoms with Gasteiger partial charge in [-0.05, 0) is 29.8 Å². The molecule has 0 saturated carbocycles. The Balaban J connectivity index is 1.81. The van der Waals surface area contributed by atoms with E-state index in [-0.39, 0.29) is 17.2 Å². The van der Waals surface area contributed by atoms with Crippen LogP contribution in [0.15, 0.2) is 53.7 Å². The van der Waals surface area contributed by atoms with Crippen LogP contribution in [0, 0.1) is 11.6 Å². The summed E-state index contributed by atoms with van der Waals surface area (Å²) in [5.74, 6) is 5.96. The number of hydrogen-bond acceptors (Lipinski definition) is 4. The second kappa shape index (κ2) is 6.15. The van der Waals surface area contributed by atoms with E-state index in [1.54, 1.807) is 24.3 Å². The summed E-state index contributed by atoms with van der Waals surface area (Å²) in [5, 5.41) is 8.32. The fourth-order valence-corrected chi connectivity index (χ4v) is 2.78. The number of nitrogens with two attached hydrogens (primary N) is 1. The van der Waals surface area contributed by atoms with E-state index in [0.29, 0.717) is 10.9 Å². The van der Waals surface area contributed by atoms with Crippen molar-refractivity contribution in [1.29, 1.82) is 0 Å². The lowest BCUT2D eigenvalue weighted by Crippen LogP contribution is -2.12. The summed E-state index contributed by atoms with van der Waals surface area (Å²) in [6.45, 7) is 0. The molecule has 0 atom stereocenters. The second-order valence-corrected chi connectivity index (χ2v) is 5.52. The minimum Gasteiger partial charge on any atom is -0.335 e. The molecule has 0 aliphatic rings. The number of nitrogen functional groups attached to an aromatic ring is 1. The van der Waals surface area contributed by atoms with Gasteiger partial charge in [-0.15, -0.1) is 10.2 Å². The molecule has 0 spiro atoms. The molecule has 1 heterocycles. The standard InChI is InChI=1S/C15H12F2N4S/c16-11-5-3-4-10(8-11)9-22-15-20-19-14(21(15)18)12-6-1-2-7-13(12)17/h1-8H,9,18H2. The van der Waals surface area contributed by atoms with Gasteiger partial charge in [-0.3, -0.25) is 0 Å². The van der Waals surface area contributed by atoms with Crippen molar-refractivity contribution in [2.45, 2.75) is 10.9 Å². The van der Waals surface area contributed by atoms with Crippen LogP contribution in [0.1, 0.15) is 5.56 Å². The van der Waals surface area contributed by atoms with Gasteiger partial charge in [0.2, 0.25) is 5.16 Å². The normalized spacial score (nSPS) is 10.8. The van der Waals surface area contributed by atoms with E-state index in [2.05, 4.69) is 10.2 Å². The maximum atomic E-state index is 13.8. The van der Waals surface area contributed by atoms with Gasteiger partial charge in [-0.25, -0.2) is 13.5 Å². The Morgan fingerprint density at radius 2 is 1.86 bits per heavy atom. The first-order valence-electron chi connectivity index (χ1n) is 6.48. The van der Waals surface area contributed by atoms with E-state index in [1.165, 1.54) is 34.6 Å². The molecule has 1 aromatic heterocycles. The summed E-state index contributed by atoms with van der Waals surface area (Å²) < 4.78 is 28.1. The number of nitrogens with zero attached hydrogens (tertiary/aromatic N) is 3. The zero-order valence-corrected chi connectivity index (χ0v) is 12.2. The molecule has 0 fully saturated rings. The third-order valence-corrected chi connectivity index (χ3v) is 4.05. The van der Waals surface area contributed by atoms with Gasteiger partial charge in [-0.2, -0.15) is 0 Å². The molecule has 22 heavy (non-hydrogen) atoms. The van der Waals surface area contributed by atoms with Crippen LogP contribution in [0.25, 0.3) is 11.4 Å². The van der Waals surface area contributed by atoms with Crippen molar-refractivity contribution < 1.29 is 8.78 Å². The lowest BCUT2D eigenvalue weighted by molar-refractivity contribution is 0.626. The Morgan fingerprint density at radius 3 is 2.64 bits per heavy atom. The van der Waals surface area contributed by atoms with Gasteiger partial charge in [0.25, 0.3) is 0 Å². The van der Waals surface area contributed by atoms with E-state index < -0.39 is 5.82 Å². The van der Waals surface area contributed by atoms with Crippen LogP contribution >= 0.6 is 11.8 Å². The fourth-order valence-electron chi connectivity index (χ4n) is 1.98. The molecule has 7 heteroatoms. The van der Waals surface area contributed by atoms with Crippen molar-refractivity contribution in [3.63, 3.8) is 0 Å². The van der Waals surface area contributed by atoms with Crippen LogP contribution in [-0.2, 0) is 5.75 Å². The molecule has 0 unspecified atom stereocenters. The highest BCUT2D eigenvalue weighted by molar-refractivity contribution is 7.98. The largest absolute Gasteiger partial charge is 0.335 e. The third-order valence-electron chi connectivity index (χ3n) is 3.04. The molecule has 0 saturated heterocycles. The molecule has 112 valence electrons. The Labute approximate surface area is 130 Å². The molecule has 0 aliphatic heterocycles. The Bertz CT molecular complexity index is 804. The number of halogens is 2. The minimum absolute atomic E-state index is 0.250. The van der Waals surface area contributed by atoms with Crippen molar-refractivity contribution in [3.05, 3.63) is 65.7 Å². The highest BCUT2D eigenvalue weighted by Gasteiger charge is 2.15. The van der Waals surface area contributed by atoms with Crippen LogP contribution in [0.5, 0.6) is 0 Å². The number of aromatic nitrogens is 3. The summed E-state index contributed by atoms with van der Waals surface area (Å²) >= 11 is 1.31. The number of hydrogen-bond donors (Lipinski definition) is 1. The van der Waals surface area contributed by atoms with Gasteiger partial charge in [0.05, 0.1) is 5.56 Å². The molecule has 0 amide bonds. The van der Waals surface area contributed by atoms with Crippen LogP contribution in [0.3, 0.4) is 0 Å². The first kappa shape index (κ1) is 14.5. The van der Waals surface area contributed by atoms with Gasteiger partial charge >= 0.3 is 0 Å². The maximum absolute atomic E-state index is 13.8. The van der Waals surface area contributed by atoms with E-state index in [0.717, 1.165) is 5.56 Å². The zero-order chi connectivity index (χ0) is 15.5. The van der Waals surface area contributed by atoms with Gasteiger partial charge in [-0.1, -0.05) is 36.0 Å². The lowest BCUT2D eigenvalue weighted by Gasteiger charge is -2.04. The molecular weight excluding hydrogens is 306 g/mol. The Kier molecular flexibility index (Phi) is 4.06. The van der Waals surface area contributed by atoms with Gasteiger partial charge < -0.3 is 5.84 Å². The maximum Gasteiger partial charge on any atom is 0.210 e. The zero-order valence-electron chi connectivity index (χ0n) is 11.4. The third kappa shape index (κ3) is 2.94. The Hall–Kier alpha value is -2.41. The average Bonchev–Trinajstić information content (AvgIpc) is 2.87. The molecular formula is C15H12F2N4S. The van der Waals surface area contributed by atoms with Gasteiger partial charge in [0, 0.05) is 5.75 Å². The molecule has 4 nitrogen and oxygen atoms in total. The molecule has 2 aromatic carbocycles. The van der Waals surface area contributed by atoms with E-state index in [4.69, 9.17) is 5.84 Å². The van der Waals surface area contributed by atoms with Crippen molar-refractivity contribution in [1.82, 2.24) is 14.9 Å². The Morgan fingerprint density at radius 1 is 1.05 bits per heavy atom. The van der Waals surface area contributed by atoms with Crippen LogP contribution in [0.4, 0.5) is 8.78 Å². The number of rotatable bonds is 4. The molecule has 0 radical (unpaired) electrons. The average molecular weight is 318 g/mol. The summed E-state index contributed by atoms with van der Waals surface area (Å²) in [6, 6.07) is 12.5. The summed E-state index contributed by atoms with van der Waals surface area (Å²) in [4.78, 5) is 0. The quantitative estimate of drug-likeness (QED) is 0.593. The van der Waals surface area contributed by atoms with E-state index >= 15 is 0 Å².